The van der Waals surface area contributed by atoms with E-state index < -0.39 is 5.60 Å². The molecule has 6 atom stereocenters. The predicted molar refractivity (Wildman–Crippen MR) is 82.8 cm³/mol. The third-order valence-corrected chi connectivity index (χ3v) is 8.35. The maximum Gasteiger partial charge on any atom is 0.165 e. The Hall–Kier alpha value is -0.370. The number of hydrogen-bond acceptors (Lipinski definition) is 2. The van der Waals surface area contributed by atoms with Gasteiger partial charge in [-0.25, -0.2) is 0 Å². The third kappa shape index (κ3) is 1.66. The minimum absolute atomic E-state index is 0.144. The summed E-state index contributed by atoms with van der Waals surface area (Å²) in [4.78, 5) is 12.9. The normalized spacial score (nSPS) is 56.5. The van der Waals surface area contributed by atoms with Gasteiger partial charge < -0.3 is 5.11 Å². The molecule has 4 aliphatic rings. The van der Waals surface area contributed by atoms with Crippen molar-refractivity contribution in [2.45, 2.75) is 83.7 Å². The molecule has 4 saturated carbocycles. The molecule has 0 unspecified atom stereocenters. The molecule has 0 aromatic carbocycles. The summed E-state index contributed by atoms with van der Waals surface area (Å²) in [5, 5.41) is 11.2. The topological polar surface area (TPSA) is 37.3 Å². The molecule has 0 radical (unpaired) electrons. The van der Waals surface area contributed by atoms with Crippen LogP contribution in [0.1, 0.15) is 78.1 Å². The number of ketones is 1. The zero-order chi connectivity index (χ0) is 14.9. The van der Waals surface area contributed by atoms with Gasteiger partial charge in [0.05, 0.1) is 0 Å². The fraction of sp³-hybridized carbons (Fsp3) is 0.947. The number of carbonyl (C=O) groups excluding carboxylic acids is 1. The first-order valence-electron chi connectivity index (χ1n) is 9.16. The van der Waals surface area contributed by atoms with Gasteiger partial charge >= 0.3 is 0 Å². The molecule has 1 N–H and O–H groups in total. The van der Waals surface area contributed by atoms with E-state index in [9.17, 15) is 9.90 Å². The minimum Gasteiger partial charge on any atom is -0.381 e. The van der Waals surface area contributed by atoms with Crippen LogP contribution >= 0.6 is 0 Å². The molecule has 2 nitrogen and oxygen atoms in total. The third-order valence-electron chi connectivity index (χ3n) is 8.35. The first-order chi connectivity index (χ1) is 9.91. The summed E-state index contributed by atoms with van der Waals surface area (Å²) >= 11 is 0. The summed E-state index contributed by atoms with van der Waals surface area (Å²) in [6.07, 6.45) is 11.2. The predicted octanol–water partition coefficient (Wildman–Crippen LogP) is 4.10. The fourth-order valence-electron chi connectivity index (χ4n) is 7.05. The Morgan fingerprint density at radius 3 is 2.52 bits per heavy atom. The van der Waals surface area contributed by atoms with Gasteiger partial charge in [-0.3, -0.25) is 4.79 Å². The first-order valence-corrected chi connectivity index (χ1v) is 9.16. The van der Waals surface area contributed by atoms with Crippen molar-refractivity contribution >= 4 is 5.78 Å². The van der Waals surface area contributed by atoms with Gasteiger partial charge in [-0.05, 0) is 61.7 Å². The first kappa shape index (κ1) is 14.2. The molecule has 4 aliphatic carbocycles. The second-order valence-corrected chi connectivity index (χ2v) is 9.07. The van der Waals surface area contributed by atoms with Gasteiger partial charge in [-0.15, -0.1) is 0 Å². The molecule has 0 amide bonds. The van der Waals surface area contributed by atoms with Crippen molar-refractivity contribution in [3.8, 4) is 0 Å². The average Bonchev–Trinajstić information content (AvgIpc) is 2.83. The second kappa shape index (κ2) is 4.34. The Labute approximate surface area is 128 Å². The van der Waals surface area contributed by atoms with Gasteiger partial charge in [0.2, 0.25) is 0 Å². The lowest BCUT2D eigenvalue weighted by molar-refractivity contribution is -0.201. The van der Waals surface area contributed by atoms with Crippen LogP contribution in [-0.2, 0) is 4.79 Å². The molecule has 118 valence electrons. The van der Waals surface area contributed by atoms with Crippen LogP contribution in [-0.4, -0.2) is 16.5 Å². The van der Waals surface area contributed by atoms with E-state index in [1.807, 2.05) is 0 Å². The summed E-state index contributed by atoms with van der Waals surface area (Å²) in [6.45, 7) is 4.72. The van der Waals surface area contributed by atoms with Gasteiger partial charge in [-0.1, -0.05) is 33.1 Å². The Kier molecular flexibility index (Phi) is 2.94. The van der Waals surface area contributed by atoms with E-state index in [0.29, 0.717) is 30.1 Å². The second-order valence-electron chi connectivity index (χ2n) is 9.07. The monoisotopic (exact) mass is 290 g/mol. The van der Waals surface area contributed by atoms with Crippen molar-refractivity contribution in [2.24, 2.45) is 28.6 Å². The quantitative estimate of drug-likeness (QED) is 0.729. The largest absolute Gasteiger partial charge is 0.381 e. The summed E-state index contributed by atoms with van der Waals surface area (Å²) < 4.78 is 0. The van der Waals surface area contributed by atoms with Gasteiger partial charge in [0.15, 0.2) is 5.78 Å². The summed E-state index contributed by atoms with van der Waals surface area (Å²) in [5.74, 6) is 2.06. The van der Waals surface area contributed by atoms with Crippen molar-refractivity contribution < 1.29 is 9.90 Å². The highest BCUT2D eigenvalue weighted by atomic mass is 16.3. The van der Waals surface area contributed by atoms with E-state index in [2.05, 4.69) is 13.8 Å². The lowest BCUT2D eigenvalue weighted by Gasteiger charge is -2.62. The molecule has 21 heavy (non-hydrogen) atoms. The number of Topliss-reactive ketones (excluding diaryl/α,β-unsaturated/α-hetero) is 1. The van der Waals surface area contributed by atoms with Gasteiger partial charge in [-0.2, -0.15) is 0 Å². The SMILES string of the molecule is C[C@]12CCC[C@@H]1[C@@H]1CC(=O)[C@@]3(O)CCCC[C@@]3(C)[C@H]1CC2. The van der Waals surface area contributed by atoms with E-state index in [1.54, 1.807) is 0 Å². The molecular formula is C19H30O2. The lowest BCUT2D eigenvalue weighted by atomic mass is 9.43. The molecule has 0 saturated heterocycles. The Morgan fingerprint density at radius 1 is 0.952 bits per heavy atom. The van der Waals surface area contributed by atoms with Crippen LogP contribution in [0.25, 0.3) is 0 Å². The molecule has 0 bridgehead atoms. The van der Waals surface area contributed by atoms with Crippen LogP contribution < -0.4 is 0 Å². The van der Waals surface area contributed by atoms with Crippen LogP contribution in [0.2, 0.25) is 0 Å². The Balaban J connectivity index is 1.74. The minimum atomic E-state index is -1.00. The van der Waals surface area contributed by atoms with Crippen LogP contribution in [0.3, 0.4) is 0 Å². The summed E-state index contributed by atoms with van der Waals surface area (Å²) in [7, 11) is 0. The molecule has 4 rings (SSSR count). The fourth-order valence-corrected chi connectivity index (χ4v) is 7.05. The van der Waals surface area contributed by atoms with E-state index in [4.69, 9.17) is 0 Å². The van der Waals surface area contributed by atoms with Crippen LogP contribution in [0.15, 0.2) is 0 Å². The van der Waals surface area contributed by atoms with Crippen molar-refractivity contribution in [3.63, 3.8) is 0 Å². The van der Waals surface area contributed by atoms with Gasteiger partial charge in [0, 0.05) is 11.8 Å². The van der Waals surface area contributed by atoms with E-state index in [1.165, 1.54) is 38.5 Å². The van der Waals surface area contributed by atoms with Crippen molar-refractivity contribution in [1.29, 1.82) is 0 Å². The Morgan fingerprint density at radius 2 is 1.71 bits per heavy atom. The molecule has 0 heterocycles. The van der Waals surface area contributed by atoms with Crippen molar-refractivity contribution in [1.82, 2.24) is 0 Å². The molecule has 0 aromatic rings. The maximum atomic E-state index is 12.9. The summed E-state index contributed by atoms with van der Waals surface area (Å²) in [5.41, 5.74) is -0.657. The van der Waals surface area contributed by atoms with Gasteiger partial charge in [0.25, 0.3) is 0 Å². The molecule has 4 fully saturated rings. The van der Waals surface area contributed by atoms with E-state index in [-0.39, 0.29) is 11.2 Å². The standard InChI is InChI=1S/C19H30O2/c1-17-8-5-6-14(17)13-12-16(20)19(21)10-4-3-9-18(19,2)15(13)7-11-17/h13-15,21H,3-12H2,1-2H3/t13-,14+,15-,17+,18-,19-/m0/s1. The van der Waals surface area contributed by atoms with E-state index in [0.717, 1.165) is 18.8 Å². The lowest BCUT2D eigenvalue weighted by Crippen LogP contribution is -2.65. The molecule has 2 heteroatoms. The zero-order valence-corrected chi connectivity index (χ0v) is 13.7. The highest BCUT2D eigenvalue weighted by molar-refractivity contribution is 5.89. The van der Waals surface area contributed by atoms with Gasteiger partial charge in [0.1, 0.15) is 5.60 Å². The highest BCUT2D eigenvalue weighted by Crippen LogP contribution is 2.66. The van der Waals surface area contributed by atoms with Crippen LogP contribution in [0, 0.1) is 28.6 Å². The number of aliphatic hydroxyl groups is 1. The van der Waals surface area contributed by atoms with Crippen molar-refractivity contribution in [3.05, 3.63) is 0 Å². The number of fused-ring (bicyclic) bond motifs is 5. The number of carbonyl (C=O) groups is 1. The molecule has 0 aliphatic heterocycles. The van der Waals surface area contributed by atoms with E-state index >= 15 is 0 Å². The molecule has 0 aromatic heterocycles. The summed E-state index contributed by atoms with van der Waals surface area (Å²) in [6, 6.07) is 0. The number of hydrogen-bond donors (Lipinski definition) is 1. The highest BCUT2D eigenvalue weighted by Gasteiger charge is 2.65. The van der Waals surface area contributed by atoms with Crippen LogP contribution in [0.4, 0.5) is 0 Å². The van der Waals surface area contributed by atoms with Crippen LogP contribution in [0.5, 0.6) is 0 Å². The maximum absolute atomic E-state index is 12.9. The number of rotatable bonds is 0. The smallest absolute Gasteiger partial charge is 0.165 e. The molecular weight excluding hydrogens is 260 g/mol. The Bertz CT molecular complexity index is 472. The zero-order valence-electron chi connectivity index (χ0n) is 13.7. The average molecular weight is 290 g/mol. The van der Waals surface area contributed by atoms with Crippen molar-refractivity contribution in [2.75, 3.05) is 0 Å². The molecule has 0 spiro atoms.